The number of amides is 2. The molecule has 0 bridgehead atoms. The summed E-state index contributed by atoms with van der Waals surface area (Å²) >= 11 is 0. The number of hydrogen-bond acceptors (Lipinski definition) is 4. The molecule has 3 rings (SSSR count). The summed E-state index contributed by atoms with van der Waals surface area (Å²) in [6, 6.07) is 20.4. The number of carbonyl (C=O) groups is 2. The van der Waals surface area contributed by atoms with Crippen LogP contribution >= 0.6 is 0 Å². The number of rotatable bonds is 11. The third-order valence-electron chi connectivity index (χ3n) is 6.39. The number of hydrogen-bond donors (Lipinski definition) is 1. The van der Waals surface area contributed by atoms with Crippen molar-refractivity contribution in [2.24, 2.45) is 0 Å². The van der Waals surface area contributed by atoms with Gasteiger partial charge < -0.3 is 10.2 Å². The van der Waals surface area contributed by atoms with E-state index in [2.05, 4.69) is 5.32 Å². The van der Waals surface area contributed by atoms with E-state index in [0.29, 0.717) is 12.1 Å². The van der Waals surface area contributed by atoms with Crippen molar-refractivity contribution in [3.05, 3.63) is 95.1 Å². The molecule has 0 aliphatic carbocycles. The number of benzene rings is 3. The highest BCUT2D eigenvalue weighted by molar-refractivity contribution is 7.92. The fourth-order valence-corrected chi connectivity index (χ4v) is 5.95. The van der Waals surface area contributed by atoms with Crippen LogP contribution in [0.2, 0.25) is 0 Å². The van der Waals surface area contributed by atoms with E-state index in [0.717, 1.165) is 26.6 Å². The van der Waals surface area contributed by atoms with Gasteiger partial charge >= 0.3 is 0 Å². The van der Waals surface area contributed by atoms with Crippen molar-refractivity contribution in [3.8, 4) is 0 Å². The van der Waals surface area contributed by atoms with E-state index in [1.807, 2.05) is 71.9 Å². The SMILES string of the molecule is CCC(C(=O)NC(C)C)N(Cc1ccc(C)cc1)C(=O)CN(c1cc(C)cc(C)c1)S(=O)(=O)c1ccccc1. The molecule has 0 radical (unpaired) electrons. The predicted molar refractivity (Wildman–Crippen MR) is 156 cm³/mol. The Hall–Kier alpha value is -3.65. The lowest BCUT2D eigenvalue weighted by Crippen LogP contribution is -2.53. The Balaban J connectivity index is 2.08. The Kier molecular flexibility index (Phi) is 9.92. The van der Waals surface area contributed by atoms with Crippen LogP contribution in [-0.4, -0.2) is 43.8 Å². The van der Waals surface area contributed by atoms with E-state index < -0.39 is 28.5 Å². The molecule has 7 nitrogen and oxygen atoms in total. The standard InChI is InChI=1S/C31H39N3O4S/c1-7-29(31(36)32-22(2)3)33(20-26-15-13-23(4)14-16-26)30(35)21-34(27-18-24(5)17-25(6)19-27)39(37,38)28-11-9-8-10-12-28/h8-19,22,29H,7,20-21H2,1-6H3,(H,32,36). The number of sulfonamides is 1. The summed E-state index contributed by atoms with van der Waals surface area (Å²) < 4.78 is 29.0. The highest BCUT2D eigenvalue weighted by Crippen LogP contribution is 2.27. The van der Waals surface area contributed by atoms with E-state index in [4.69, 9.17) is 0 Å². The van der Waals surface area contributed by atoms with Gasteiger partial charge in [0.1, 0.15) is 12.6 Å². The number of anilines is 1. The van der Waals surface area contributed by atoms with E-state index in [-0.39, 0.29) is 23.4 Å². The van der Waals surface area contributed by atoms with Gasteiger partial charge in [-0.25, -0.2) is 8.42 Å². The number of carbonyl (C=O) groups excluding carboxylic acids is 2. The van der Waals surface area contributed by atoms with Gasteiger partial charge in [0, 0.05) is 12.6 Å². The van der Waals surface area contributed by atoms with Crippen LogP contribution in [0, 0.1) is 20.8 Å². The first-order chi connectivity index (χ1) is 18.4. The summed E-state index contributed by atoms with van der Waals surface area (Å²) in [5.74, 6) is -0.725. The molecule has 39 heavy (non-hydrogen) atoms. The van der Waals surface area contributed by atoms with Gasteiger partial charge in [0.2, 0.25) is 11.8 Å². The van der Waals surface area contributed by atoms with Crippen molar-refractivity contribution >= 4 is 27.5 Å². The molecule has 3 aromatic carbocycles. The van der Waals surface area contributed by atoms with Crippen molar-refractivity contribution in [1.82, 2.24) is 10.2 Å². The number of aryl methyl sites for hydroxylation is 3. The molecule has 0 aliphatic heterocycles. The van der Waals surface area contributed by atoms with Crippen LogP contribution in [0.4, 0.5) is 5.69 Å². The lowest BCUT2D eigenvalue weighted by atomic mass is 10.1. The maximum absolute atomic E-state index is 14.1. The molecule has 0 saturated heterocycles. The van der Waals surface area contributed by atoms with Gasteiger partial charge in [-0.15, -0.1) is 0 Å². The Morgan fingerprint density at radius 2 is 1.44 bits per heavy atom. The quantitative estimate of drug-likeness (QED) is 0.359. The third-order valence-corrected chi connectivity index (χ3v) is 8.18. The van der Waals surface area contributed by atoms with Gasteiger partial charge in [0.05, 0.1) is 10.6 Å². The minimum atomic E-state index is -4.08. The van der Waals surface area contributed by atoms with Gasteiger partial charge in [-0.1, -0.05) is 61.0 Å². The first-order valence-corrected chi connectivity index (χ1v) is 14.7. The van der Waals surface area contributed by atoms with Crippen LogP contribution < -0.4 is 9.62 Å². The number of nitrogens with one attached hydrogen (secondary N) is 1. The first-order valence-electron chi connectivity index (χ1n) is 13.2. The fraction of sp³-hybridized carbons (Fsp3) is 0.355. The fourth-order valence-electron chi connectivity index (χ4n) is 4.53. The van der Waals surface area contributed by atoms with Crippen molar-refractivity contribution in [2.45, 2.75) is 71.5 Å². The van der Waals surface area contributed by atoms with Crippen LogP contribution in [0.15, 0.2) is 77.7 Å². The number of nitrogens with zero attached hydrogens (tertiary/aromatic N) is 2. The highest BCUT2D eigenvalue weighted by Gasteiger charge is 2.34. The Labute approximate surface area is 232 Å². The molecule has 0 spiro atoms. The van der Waals surface area contributed by atoms with E-state index >= 15 is 0 Å². The van der Waals surface area contributed by atoms with E-state index in [1.54, 1.807) is 30.3 Å². The van der Waals surface area contributed by atoms with Gasteiger partial charge in [-0.3, -0.25) is 13.9 Å². The molecule has 1 N–H and O–H groups in total. The summed E-state index contributed by atoms with van der Waals surface area (Å²) in [5, 5.41) is 2.92. The Morgan fingerprint density at radius 1 is 0.846 bits per heavy atom. The normalized spacial score (nSPS) is 12.2. The summed E-state index contributed by atoms with van der Waals surface area (Å²) in [6.45, 7) is 11.1. The van der Waals surface area contributed by atoms with Crippen LogP contribution in [0.5, 0.6) is 0 Å². The van der Waals surface area contributed by atoms with Crippen LogP contribution in [-0.2, 0) is 26.2 Å². The average molecular weight is 550 g/mol. The summed E-state index contributed by atoms with van der Waals surface area (Å²) in [7, 11) is -4.08. The van der Waals surface area contributed by atoms with Gasteiger partial charge in [0.25, 0.3) is 10.0 Å². The maximum atomic E-state index is 14.1. The molecular weight excluding hydrogens is 510 g/mol. The molecule has 3 aromatic rings. The molecule has 2 amide bonds. The largest absolute Gasteiger partial charge is 0.352 e. The van der Waals surface area contributed by atoms with Crippen LogP contribution in [0.1, 0.15) is 49.4 Å². The molecular formula is C31H39N3O4S. The average Bonchev–Trinajstić information content (AvgIpc) is 2.87. The zero-order chi connectivity index (χ0) is 28.7. The van der Waals surface area contributed by atoms with Crippen molar-refractivity contribution in [3.63, 3.8) is 0 Å². The molecule has 0 aliphatic rings. The van der Waals surface area contributed by atoms with E-state index in [1.165, 1.54) is 17.0 Å². The van der Waals surface area contributed by atoms with Gasteiger partial charge in [-0.05, 0) is 82.0 Å². The predicted octanol–water partition coefficient (Wildman–Crippen LogP) is 5.14. The minimum absolute atomic E-state index is 0.0895. The molecule has 0 fully saturated rings. The van der Waals surface area contributed by atoms with E-state index in [9.17, 15) is 18.0 Å². The highest BCUT2D eigenvalue weighted by atomic mass is 32.2. The second-order valence-corrected chi connectivity index (χ2v) is 12.1. The zero-order valence-electron chi connectivity index (χ0n) is 23.6. The molecule has 1 atom stereocenters. The van der Waals surface area contributed by atoms with Gasteiger partial charge in [0.15, 0.2) is 0 Å². The second kappa shape index (κ2) is 12.9. The zero-order valence-corrected chi connectivity index (χ0v) is 24.5. The summed E-state index contributed by atoms with van der Waals surface area (Å²) in [6.07, 6.45) is 0.380. The maximum Gasteiger partial charge on any atom is 0.264 e. The first kappa shape index (κ1) is 29.9. The monoisotopic (exact) mass is 549 g/mol. The summed E-state index contributed by atoms with van der Waals surface area (Å²) in [5.41, 5.74) is 4.10. The topological polar surface area (TPSA) is 86.8 Å². The Morgan fingerprint density at radius 3 is 1.97 bits per heavy atom. The second-order valence-electron chi connectivity index (χ2n) is 10.3. The molecule has 8 heteroatoms. The molecule has 1 unspecified atom stereocenters. The lowest BCUT2D eigenvalue weighted by molar-refractivity contribution is -0.140. The van der Waals surface area contributed by atoms with Crippen LogP contribution in [0.3, 0.4) is 0 Å². The lowest BCUT2D eigenvalue weighted by Gasteiger charge is -2.33. The molecule has 208 valence electrons. The van der Waals surface area contributed by atoms with Gasteiger partial charge in [-0.2, -0.15) is 0 Å². The van der Waals surface area contributed by atoms with Crippen LogP contribution in [0.25, 0.3) is 0 Å². The van der Waals surface area contributed by atoms with Crippen molar-refractivity contribution < 1.29 is 18.0 Å². The molecule has 0 heterocycles. The summed E-state index contributed by atoms with van der Waals surface area (Å²) in [4.78, 5) is 28.9. The smallest absolute Gasteiger partial charge is 0.264 e. The van der Waals surface area contributed by atoms with Crippen molar-refractivity contribution in [2.75, 3.05) is 10.8 Å². The third kappa shape index (κ3) is 7.69. The molecule has 0 aromatic heterocycles. The minimum Gasteiger partial charge on any atom is -0.352 e. The Bertz CT molecular complexity index is 1370. The van der Waals surface area contributed by atoms with Crippen molar-refractivity contribution in [1.29, 1.82) is 0 Å². The molecule has 0 saturated carbocycles.